The Morgan fingerprint density at radius 3 is 2.25 bits per heavy atom. The average Bonchev–Trinajstić information content (AvgIpc) is 1.98. The summed E-state index contributed by atoms with van der Waals surface area (Å²) in [7, 11) is -2.21. The molecule has 0 rings (SSSR count). The van der Waals surface area contributed by atoms with Gasteiger partial charge >= 0.3 is 5.97 Å². The Balaban J connectivity index is 4.12. The van der Waals surface area contributed by atoms with E-state index >= 15 is 0 Å². The van der Waals surface area contributed by atoms with Gasteiger partial charge in [-0.25, -0.2) is 4.79 Å². The second-order valence-electron chi connectivity index (χ2n) is 2.35. The first-order chi connectivity index (χ1) is 5.45. The van der Waals surface area contributed by atoms with Crippen molar-refractivity contribution >= 4 is 21.1 Å². The highest BCUT2D eigenvalue weighted by Gasteiger charge is 2.04. The normalized spacial score (nSPS) is 9.08. The summed E-state index contributed by atoms with van der Waals surface area (Å²) in [5.41, 5.74) is 0.0276. The lowest BCUT2D eigenvalue weighted by Gasteiger charge is -1.96. The minimum Gasteiger partial charge on any atom is -0.478 e. The van der Waals surface area contributed by atoms with Crippen LogP contribution in [0.2, 0.25) is 0 Å². The number of hydrogen-bond acceptors (Lipinski definition) is 3. The van der Waals surface area contributed by atoms with Crippen molar-refractivity contribution in [3.8, 4) is 0 Å². The van der Waals surface area contributed by atoms with Gasteiger partial charge in [-0.15, -0.1) is 0 Å². The lowest BCUT2D eigenvalue weighted by Crippen LogP contribution is -2.01. The molecule has 0 aliphatic carbocycles. The summed E-state index contributed by atoms with van der Waals surface area (Å²) in [6.45, 7) is 4.71. The second kappa shape index (κ2) is 4.71. The van der Waals surface area contributed by atoms with E-state index < -0.39 is 16.3 Å². The predicted molar refractivity (Wildman–Crippen MR) is 45.6 cm³/mol. The Morgan fingerprint density at radius 2 is 1.92 bits per heavy atom. The van der Waals surface area contributed by atoms with Crippen LogP contribution in [0.15, 0.2) is 12.2 Å². The van der Waals surface area contributed by atoms with E-state index in [0.29, 0.717) is 0 Å². The molecule has 0 spiro atoms. The SMILES string of the molecule is C=C(CCC(C)=S(=O)=O)C(=O)O. The van der Waals surface area contributed by atoms with Crippen molar-refractivity contribution in [3.63, 3.8) is 0 Å². The first kappa shape index (κ1) is 10.9. The first-order valence-electron chi connectivity index (χ1n) is 3.28. The maximum Gasteiger partial charge on any atom is 0.330 e. The van der Waals surface area contributed by atoms with Crippen LogP contribution in [0.1, 0.15) is 19.8 Å². The van der Waals surface area contributed by atoms with Crippen molar-refractivity contribution in [1.82, 2.24) is 0 Å². The molecule has 4 nitrogen and oxygen atoms in total. The van der Waals surface area contributed by atoms with Crippen molar-refractivity contribution in [1.29, 1.82) is 0 Å². The van der Waals surface area contributed by atoms with E-state index in [0.717, 1.165) is 0 Å². The topological polar surface area (TPSA) is 71.4 Å². The maximum atomic E-state index is 10.3. The number of carbonyl (C=O) groups is 1. The molecular weight excluding hydrogens is 180 g/mol. The molecule has 5 heteroatoms. The summed E-state index contributed by atoms with van der Waals surface area (Å²) >= 11 is 0. The van der Waals surface area contributed by atoms with E-state index in [-0.39, 0.29) is 23.3 Å². The van der Waals surface area contributed by atoms with Crippen molar-refractivity contribution in [2.24, 2.45) is 0 Å². The predicted octanol–water partition coefficient (Wildman–Crippen LogP) is 0.479. The Labute approximate surface area is 72.1 Å². The Bertz CT molecular complexity index is 315. The maximum absolute atomic E-state index is 10.3. The van der Waals surface area contributed by atoms with Crippen LogP contribution in [-0.2, 0) is 15.1 Å². The molecule has 0 bridgehead atoms. The van der Waals surface area contributed by atoms with Crippen LogP contribution < -0.4 is 0 Å². The largest absolute Gasteiger partial charge is 0.478 e. The molecule has 68 valence electrons. The molecule has 0 aromatic rings. The van der Waals surface area contributed by atoms with E-state index in [4.69, 9.17) is 5.11 Å². The van der Waals surface area contributed by atoms with Crippen LogP contribution in [0.5, 0.6) is 0 Å². The number of hydrogen-bond donors (Lipinski definition) is 1. The zero-order chi connectivity index (χ0) is 9.72. The third kappa shape index (κ3) is 3.92. The van der Waals surface area contributed by atoms with Gasteiger partial charge in [-0.3, -0.25) is 0 Å². The Hall–Kier alpha value is -1.10. The van der Waals surface area contributed by atoms with E-state index in [1.165, 1.54) is 6.92 Å². The van der Waals surface area contributed by atoms with Gasteiger partial charge in [0.25, 0.3) is 0 Å². The van der Waals surface area contributed by atoms with Gasteiger partial charge in [-0.2, -0.15) is 8.42 Å². The molecule has 0 atom stereocenters. The molecular formula is C7H10O4S. The zero-order valence-electron chi connectivity index (χ0n) is 6.70. The van der Waals surface area contributed by atoms with Gasteiger partial charge in [0.1, 0.15) is 0 Å². The number of carboxylic acid groups (broad SMARTS) is 1. The first-order valence-corrected chi connectivity index (χ1v) is 4.35. The van der Waals surface area contributed by atoms with Gasteiger partial charge in [0.15, 0.2) is 0 Å². The molecule has 0 saturated carbocycles. The van der Waals surface area contributed by atoms with E-state index in [9.17, 15) is 13.2 Å². The van der Waals surface area contributed by atoms with E-state index in [1.807, 2.05) is 0 Å². The van der Waals surface area contributed by atoms with Crippen LogP contribution >= 0.6 is 0 Å². The van der Waals surface area contributed by atoms with Gasteiger partial charge < -0.3 is 5.11 Å². The smallest absolute Gasteiger partial charge is 0.330 e. The molecule has 0 saturated heterocycles. The summed E-state index contributed by atoms with van der Waals surface area (Å²) < 4.78 is 20.5. The summed E-state index contributed by atoms with van der Waals surface area (Å²) in [6, 6.07) is 0. The quantitative estimate of drug-likeness (QED) is 0.517. The summed E-state index contributed by atoms with van der Waals surface area (Å²) in [5.74, 6) is -1.08. The lowest BCUT2D eigenvalue weighted by atomic mass is 10.1. The molecule has 0 aromatic carbocycles. The molecule has 0 heterocycles. The number of carboxylic acids is 1. The van der Waals surface area contributed by atoms with Crippen molar-refractivity contribution in [2.75, 3.05) is 0 Å². The fourth-order valence-electron chi connectivity index (χ4n) is 0.517. The molecule has 0 unspecified atom stereocenters. The highest BCUT2D eigenvalue weighted by Crippen LogP contribution is 2.02. The molecule has 0 amide bonds. The molecule has 0 fully saturated rings. The molecule has 0 radical (unpaired) electrons. The summed E-state index contributed by atoms with van der Waals surface area (Å²) in [6.07, 6.45) is 0.399. The lowest BCUT2D eigenvalue weighted by molar-refractivity contribution is -0.132. The summed E-state index contributed by atoms with van der Waals surface area (Å²) in [4.78, 5) is 10.5. The third-order valence-corrected chi connectivity index (χ3v) is 2.14. The molecule has 0 aliphatic heterocycles. The van der Waals surface area contributed by atoms with Gasteiger partial charge in [0.2, 0.25) is 10.3 Å². The fourth-order valence-corrected chi connectivity index (χ4v) is 0.786. The van der Waals surface area contributed by atoms with Crippen molar-refractivity contribution in [2.45, 2.75) is 19.8 Å². The molecule has 12 heavy (non-hydrogen) atoms. The van der Waals surface area contributed by atoms with Crippen LogP contribution in [0.25, 0.3) is 0 Å². The van der Waals surface area contributed by atoms with Crippen LogP contribution in [0.4, 0.5) is 0 Å². The monoisotopic (exact) mass is 190 g/mol. The Morgan fingerprint density at radius 1 is 1.42 bits per heavy atom. The molecule has 1 N–H and O–H groups in total. The molecule has 0 aliphatic rings. The highest BCUT2D eigenvalue weighted by molar-refractivity contribution is 7.72. The minimum absolute atomic E-state index is 0.0276. The Kier molecular flexibility index (Phi) is 4.28. The number of rotatable bonds is 4. The second-order valence-corrected chi connectivity index (χ2v) is 3.51. The third-order valence-electron chi connectivity index (χ3n) is 1.37. The van der Waals surface area contributed by atoms with Gasteiger partial charge in [-0.1, -0.05) is 6.58 Å². The van der Waals surface area contributed by atoms with Crippen molar-refractivity contribution < 1.29 is 18.3 Å². The summed E-state index contributed by atoms with van der Waals surface area (Å²) in [5, 5.41) is 8.37. The molecule has 0 aromatic heterocycles. The van der Waals surface area contributed by atoms with Crippen LogP contribution in [0.3, 0.4) is 0 Å². The van der Waals surface area contributed by atoms with E-state index in [2.05, 4.69) is 6.58 Å². The van der Waals surface area contributed by atoms with Crippen molar-refractivity contribution in [3.05, 3.63) is 12.2 Å². The van der Waals surface area contributed by atoms with Gasteiger partial charge in [0, 0.05) is 10.4 Å². The van der Waals surface area contributed by atoms with E-state index in [1.54, 1.807) is 0 Å². The van der Waals surface area contributed by atoms with Crippen LogP contribution in [0, 0.1) is 0 Å². The van der Waals surface area contributed by atoms with Crippen LogP contribution in [-0.4, -0.2) is 24.4 Å². The van der Waals surface area contributed by atoms with Gasteiger partial charge in [0.05, 0.1) is 0 Å². The zero-order valence-corrected chi connectivity index (χ0v) is 7.52. The standard InChI is InChI=1S/C7H10O4S/c1-5(7(8)9)3-4-6(2)12(10)11/h1,3-4H2,2H3,(H,8,9). The highest BCUT2D eigenvalue weighted by atomic mass is 32.2. The average molecular weight is 190 g/mol. The fraction of sp³-hybridized carbons (Fsp3) is 0.429. The minimum atomic E-state index is -2.21. The number of aliphatic carboxylic acids is 1. The van der Waals surface area contributed by atoms with Gasteiger partial charge in [-0.05, 0) is 19.8 Å².